The van der Waals surface area contributed by atoms with Gasteiger partial charge in [-0.1, -0.05) is 17.7 Å². The van der Waals surface area contributed by atoms with Crippen LogP contribution in [0.15, 0.2) is 36.4 Å². The van der Waals surface area contributed by atoms with E-state index in [1.165, 1.54) is 5.52 Å². The summed E-state index contributed by atoms with van der Waals surface area (Å²) in [6.07, 6.45) is 0. The fourth-order valence-corrected chi connectivity index (χ4v) is 1.95. The van der Waals surface area contributed by atoms with Crippen molar-refractivity contribution in [3.63, 3.8) is 0 Å². The minimum Gasteiger partial charge on any atom is -0.309 e. The molecule has 3 aromatic rings. The van der Waals surface area contributed by atoms with Crippen molar-refractivity contribution in [2.45, 2.75) is 0 Å². The number of halogens is 1. The fraction of sp³-hybridized carbons (Fsp3) is 0. The molecule has 12 heavy (non-hydrogen) atoms. The van der Waals surface area contributed by atoms with E-state index in [0.29, 0.717) is 0 Å². The van der Waals surface area contributed by atoms with Crippen molar-refractivity contribution in [3.8, 4) is 0 Å². The van der Waals surface area contributed by atoms with Crippen molar-refractivity contribution in [2.75, 3.05) is 0 Å². The molecule has 0 radical (unpaired) electrons. The molecular weight excluding hydrogens is 170 g/mol. The first-order valence-electron chi connectivity index (χ1n) is 3.84. The van der Waals surface area contributed by atoms with Crippen LogP contribution in [0, 0.1) is 0 Å². The van der Waals surface area contributed by atoms with Gasteiger partial charge in [0.15, 0.2) is 0 Å². The van der Waals surface area contributed by atoms with Crippen LogP contribution in [0.2, 0.25) is 5.02 Å². The quantitative estimate of drug-likeness (QED) is 0.494. The highest BCUT2D eigenvalue weighted by Crippen LogP contribution is 2.26. The molecule has 0 N–H and O–H groups in total. The van der Waals surface area contributed by atoms with Crippen molar-refractivity contribution in [1.29, 1.82) is 0 Å². The third kappa shape index (κ3) is 0.601. The van der Waals surface area contributed by atoms with Crippen LogP contribution in [0.25, 0.3) is 16.6 Å². The molecule has 0 aliphatic carbocycles. The van der Waals surface area contributed by atoms with Crippen molar-refractivity contribution in [2.24, 2.45) is 0 Å². The summed E-state index contributed by atoms with van der Waals surface area (Å²) in [6.45, 7) is 0. The average Bonchev–Trinajstić information content (AvgIpc) is 2.60. The zero-order valence-electron chi connectivity index (χ0n) is 6.29. The van der Waals surface area contributed by atoms with E-state index in [1.54, 1.807) is 0 Å². The van der Waals surface area contributed by atoms with Crippen molar-refractivity contribution in [3.05, 3.63) is 41.4 Å². The fourth-order valence-electron chi connectivity index (χ4n) is 1.69. The van der Waals surface area contributed by atoms with Gasteiger partial charge >= 0.3 is 0 Å². The van der Waals surface area contributed by atoms with Crippen LogP contribution < -0.4 is 0 Å². The molecule has 0 saturated heterocycles. The van der Waals surface area contributed by atoms with E-state index in [9.17, 15) is 0 Å². The summed E-state index contributed by atoms with van der Waals surface area (Å²) < 4.78 is 2.16. The molecule has 3 rings (SSSR count). The number of rotatable bonds is 0. The van der Waals surface area contributed by atoms with Gasteiger partial charge in [-0.05, 0) is 30.3 Å². The zero-order chi connectivity index (χ0) is 8.13. The Labute approximate surface area is 74.5 Å². The van der Waals surface area contributed by atoms with Gasteiger partial charge in [0, 0.05) is 11.0 Å². The van der Waals surface area contributed by atoms with E-state index >= 15 is 0 Å². The zero-order valence-corrected chi connectivity index (χ0v) is 7.05. The maximum absolute atomic E-state index is 6.03. The summed E-state index contributed by atoms with van der Waals surface area (Å²) in [5, 5.41) is 0.830. The standard InChI is InChI=1S/C10H6ClN/c11-9-6-8-3-1-2-7-4-5-10(9)12(7)8/h1-6H. The van der Waals surface area contributed by atoms with Gasteiger partial charge in [-0.15, -0.1) is 0 Å². The number of hydrogen-bond donors (Lipinski definition) is 0. The first-order valence-corrected chi connectivity index (χ1v) is 4.22. The maximum atomic E-state index is 6.03. The molecule has 0 spiro atoms. The predicted molar refractivity (Wildman–Crippen MR) is 51.1 cm³/mol. The molecule has 0 aliphatic heterocycles. The van der Waals surface area contributed by atoms with E-state index in [0.717, 1.165) is 16.1 Å². The van der Waals surface area contributed by atoms with E-state index in [1.807, 2.05) is 18.2 Å². The molecule has 0 unspecified atom stereocenters. The Morgan fingerprint density at radius 1 is 1.00 bits per heavy atom. The number of nitrogens with zero attached hydrogens (tertiary/aromatic N) is 1. The SMILES string of the molecule is Clc1cc2cccc3ccc1n32. The smallest absolute Gasteiger partial charge is 0.0667 e. The molecular formula is C10H6ClN. The molecule has 3 aromatic heterocycles. The van der Waals surface area contributed by atoms with Crippen molar-refractivity contribution in [1.82, 2.24) is 4.40 Å². The Morgan fingerprint density at radius 2 is 1.83 bits per heavy atom. The minimum absolute atomic E-state index is 0.830. The maximum Gasteiger partial charge on any atom is 0.0667 e. The third-order valence-electron chi connectivity index (χ3n) is 2.22. The lowest BCUT2D eigenvalue weighted by atomic mass is 10.3. The highest BCUT2D eigenvalue weighted by atomic mass is 35.5. The lowest BCUT2D eigenvalue weighted by Gasteiger charge is -1.92. The molecule has 0 saturated carbocycles. The molecule has 1 nitrogen and oxygen atoms in total. The minimum atomic E-state index is 0.830. The Balaban J connectivity index is 2.77. The summed E-state index contributed by atoms with van der Waals surface area (Å²) in [6, 6.07) is 12.3. The highest BCUT2D eigenvalue weighted by molar-refractivity contribution is 6.34. The van der Waals surface area contributed by atoms with E-state index < -0.39 is 0 Å². The molecule has 0 atom stereocenters. The van der Waals surface area contributed by atoms with Gasteiger partial charge in [-0.3, -0.25) is 0 Å². The topological polar surface area (TPSA) is 4.41 Å². The van der Waals surface area contributed by atoms with Crippen LogP contribution in [-0.4, -0.2) is 4.40 Å². The Bertz CT molecular complexity index is 538. The molecule has 2 heteroatoms. The number of aromatic nitrogens is 1. The van der Waals surface area contributed by atoms with Gasteiger partial charge in [-0.2, -0.15) is 0 Å². The second-order valence-electron chi connectivity index (χ2n) is 2.92. The predicted octanol–water partition coefficient (Wildman–Crippen LogP) is 3.18. The summed E-state index contributed by atoms with van der Waals surface area (Å²) >= 11 is 6.03. The molecule has 0 bridgehead atoms. The average molecular weight is 176 g/mol. The van der Waals surface area contributed by atoms with Gasteiger partial charge < -0.3 is 4.40 Å². The van der Waals surface area contributed by atoms with Gasteiger partial charge in [-0.25, -0.2) is 0 Å². The van der Waals surface area contributed by atoms with E-state index in [2.05, 4.69) is 22.6 Å². The highest BCUT2D eigenvalue weighted by Gasteiger charge is 2.05. The number of hydrogen-bond acceptors (Lipinski definition) is 0. The lowest BCUT2D eigenvalue weighted by molar-refractivity contribution is 1.35. The number of pyridine rings is 1. The van der Waals surface area contributed by atoms with Crippen LogP contribution in [0.1, 0.15) is 0 Å². The largest absolute Gasteiger partial charge is 0.309 e. The molecule has 0 fully saturated rings. The third-order valence-corrected chi connectivity index (χ3v) is 2.53. The second-order valence-corrected chi connectivity index (χ2v) is 3.33. The Kier molecular flexibility index (Phi) is 1.02. The summed E-state index contributed by atoms with van der Waals surface area (Å²) in [7, 11) is 0. The van der Waals surface area contributed by atoms with Gasteiger partial charge in [0.05, 0.1) is 10.5 Å². The monoisotopic (exact) mass is 175 g/mol. The summed E-state index contributed by atoms with van der Waals surface area (Å²) in [5.41, 5.74) is 3.47. The molecule has 0 amide bonds. The van der Waals surface area contributed by atoms with Crippen molar-refractivity contribution < 1.29 is 0 Å². The van der Waals surface area contributed by atoms with Crippen LogP contribution in [0.3, 0.4) is 0 Å². The molecule has 58 valence electrons. The van der Waals surface area contributed by atoms with Crippen LogP contribution in [0.4, 0.5) is 0 Å². The first kappa shape index (κ1) is 6.32. The van der Waals surface area contributed by atoms with Gasteiger partial charge in [0.1, 0.15) is 0 Å². The van der Waals surface area contributed by atoms with E-state index in [4.69, 9.17) is 11.6 Å². The second kappa shape index (κ2) is 1.93. The van der Waals surface area contributed by atoms with Gasteiger partial charge in [0.25, 0.3) is 0 Å². The Morgan fingerprint density at radius 3 is 2.75 bits per heavy atom. The van der Waals surface area contributed by atoms with Crippen LogP contribution in [-0.2, 0) is 0 Å². The van der Waals surface area contributed by atoms with Gasteiger partial charge in [0.2, 0.25) is 0 Å². The van der Waals surface area contributed by atoms with Crippen LogP contribution >= 0.6 is 11.6 Å². The molecule has 0 aromatic carbocycles. The lowest BCUT2D eigenvalue weighted by Crippen LogP contribution is -1.78. The van der Waals surface area contributed by atoms with Crippen LogP contribution in [0.5, 0.6) is 0 Å². The normalized spacial score (nSPS) is 11.8. The molecule has 3 heterocycles. The summed E-state index contributed by atoms with van der Waals surface area (Å²) in [5.74, 6) is 0. The Hall–Kier alpha value is -1.21. The van der Waals surface area contributed by atoms with Crippen molar-refractivity contribution >= 4 is 28.2 Å². The first-order chi connectivity index (χ1) is 5.86. The van der Waals surface area contributed by atoms with E-state index in [-0.39, 0.29) is 0 Å². The summed E-state index contributed by atoms with van der Waals surface area (Å²) in [4.78, 5) is 0. The molecule has 0 aliphatic rings.